The van der Waals surface area contributed by atoms with Crippen molar-refractivity contribution in [3.05, 3.63) is 71.9 Å². The summed E-state index contributed by atoms with van der Waals surface area (Å²) in [6.45, 7) is 4.59. The first-order valence-corrected chi connectivity index (χ1v) is 10.4. The second-order valence-electron chi connectivity index (χ2n) is 7.20. The molecule has 7 nitrogen and oxygen atoms in total. The topological polar surface area (TPSA) is 77.8 Å². The molecule has 1 aliphatic heterocycles. The number of benzene rings is 2. The highest BCUT2D eigenvalue weighted by Gasteiger charge is 2.23. The summed E-state index contributed by atoms with van der Waals surface area (Å²) >= 11 is 0. The van der Waals surface area contributed by atoms with Gasteiger partial charge in [0.2, 0.25) is 0 Å². The van der Waals surface area contributed by atoms with E-state index in [4.69, 9.17) is 9.47 Å². The van der Waals surface area contributed by atoms with Crippen molar-refractivity contribution in [1.29, 1.82) is 5.26 Å². The van der Waals surface area contributed by atoms with Gasteiger partial charge in [-0.25, -0.2) is 0 Å². The number of rotatable bonds is 9. The molecule has 7 heteroatoms. The molecule has 0 aromatic heterocycles. The minimum absolute atomic E-state index is 0.112. The second kappa shape index (κ2) is 11.6. The van der Waals surface area contributed by atoms with Crippen molar-refractivity contribution in [2.45, 2.75) is 6.54 Å². The number of ether oxygens (including phenoxy) is 2. The number of nitrogens with zero attached hydrogens (tertiary/aromatic N) is 3. The number of piperazine rings is 1. The molecule has 0 radical (unpaired) electrons. The van der Waals surface area contributed by atoms with E-state index in [1.165, 1.54) is 11.8 Å². The number of methoxy groups -OCH3 is 1. The van der Waals surface area contributed by atoms with Crippen LogP contribution in [0.2, 0.25) is 0 Å². The first-order valence-electron chi connectivity index (χ1n) is 10.4. The molecule has 3 rings (SSSR count). The number of carbonyl (C=O) groups excluding carboxylic acids is 1. The molecule has 1 fully saturated rings. The molecule has 0 aliphatic carbocycles. The lowest BCUT2D eigenvalue weighted by atomic mass is 10.2. The highest BCUT2D eigenvalue weighted by Crippen LogP contribution is 2.16. The van der Waals surface area contributed by atoms with E-state index in [1.54, 1.807) is 12.0 Å². The molecule has 1 aliphatic rings. The predicted octanol–water partition coefficient (Wildman–Crippen LogP) is 2.42. The SMILES string of the molecule is COc1ccc(OCCN/C=C(/C#N)C(=O)N2CCN(Cc3ccccc3)CC2)cc1. The fourth-order valence-electron chi connectivity index (χ4n) is 3.34. The Hall–Kier alpha value is -3.50. The van der Waals surface area contributed by atoms with E-state index >= 15 is 0 Å². The standard InChI is InChI=1S/C24H28N4O3/c1-30-22-7-9-23(10-8-22)31-16-11-26-18-21(17-25)24(29)28-14-12-27(13-15-28)19-20-5-3-2-4-6-20/h2-10,18,26H,11-16,19H2,1H3/b21-18-. The first kappa shape index (κ1) is 22.2. The summed E-state index contributed by atoms with van der Waals surface area (Å²) in [6, 6.07) is 19.6. The maximum atomic E-state index is 12.7. The van der Waals surface area contributed by atoms with Crippen LogP contribution in [0, 0.1) is 11.3 Å². The van der Waals surface area contributed by atoms with Crippen LogP contribution in [-0.4, -0.2) is 62.1 Å². The Morgan fingerprint density at radius 2 is 1.74 bits per heavy atom. The van der Waals surface area contributed by atoms with Crippen molar-refractivity contribution < 1.29 is 14.3 Å². The zero-order chi connectivity index (χ0) is 21.9. The smallest absolute Gasteiger partial charge is 0.266 e. The van der Waals surface area contributed by atoms with Crippen molar-refractivity contribution in [2.24, 2.45) is 0 Å². The Bertz CT molecular complexity index is 899. The number of hydrogen-bond donors (Lipinski definition) is 1. The largest absolute Gasteiger partial charge is 0.497 e. The second-order valence-corrected chi connectivity index (χ2v) is 7.20. The van der Waals surface area contributed by atoms with Crippen LogP contribution in [0.1, 0.15) is 5.56 Å². The van der Waals surface area contributed by atoms with Gasteiger partial charge in [0.25, 0.3) is 5.91 Å². The summed E-state index contributed by atoms with van der Waals surface area (Å²) in [4.78, 5) is 16.7. The van der Waals surface area contributed by atoms with Crippen molar-refractivity contribution in [2.75, 3.05) is 46.4 Å². The Kier molecular flexibility index (Phi) is 8.32. The highest BCUT2D eigenvalue weighted by molar-refractivity contribution is 5.97. The van der Waals surface area contributed by atoms with E-state index in [-0.39, 0.29) is 11.5 Å². The zero-order valence-electron chi connectivity index (χ0n) is 17.8. The molecule has 162 valence electrons. The summed E-state index contributed by atoms with van der Waals surface area (Å²) in [7, 11) is 1.62. The zero-order valence-corrected chi connectivity index (χ0v) is 17.8. The number of nitriles is 1. The molecule has 31 heavy (non-hydrogen) atoms. The molecule has 2 aromatic carbocycles. The molecule has 0 bridgehead atoms. The van der Waals surface area contributed by atoms with Gasteiger partial charge in [0.05, 0.1) is 7.11 Å². The molecule has 0 atom stereocenters. The van der Waals surface area contributed by atoms with E-state index in [0.29, 0.717) is 26.2 Å². The third kappa shape index (κ3) is 6.76. The molecular formula is C24H28N4O3. The lowest BCUT2D eigenvalue weighted by Gasteiger charge is -2.34. The number of hydrogen-bond acceptors (Lipinski definition) is 6. The van der Waals surface area contributed by atoms with Gasteiger partial charge in [0.1, 0.15) is 29.7 Å². The third-order valence-corrected chi connectivity index (χ3v) is 5.08. The molecule has 1 heterocycles. The fraction of sp³-hybridized carbons (Fsp3) is 0.333. The number of nitrogens with one attached hydrogen (secondary N) is 1. The van der Waals surface area contributed by atoms with Gasteiger partial charge in [-0.05, 0) is 29.8 Å². The predicted molar refractivity (Wildman–Crippen MR) is 118 cm³/mol. The fourth-order valence-corrected chi connectivity index (χ4v) is 3.34. The van der Waals surface area contributed by atoms with Crippen molar-refractivity contribution in [3.63, 3.8) is 0 Å². The van der Waals surface area contributed by atoms with Crippen LogP contribution >= 0.6 is 0 Å². The van der Waals surface area contributed by atoms with Gasteiger partial charge in [-0.3, -0.25) is 9.69 Å². The molecule has 0 unspecified atom stereocenters. The molecule has 1 saturated heterocycles. The lowest BCUT2D eigenvalue weighted by Crippen LogP contribution is -2.48. The van der Waals surface area contributed by atoms with Crippen LogP contribution in [0.15, 0.2) is 66.4 Å². The molecule has 0 spiro atoms. The Balaban J connectivity index is 1.40. The third-order valence-electron chi connectivity index (χ3n) is 5.08. The van der Waals surface area contributed by atoms with Crippen molar-refractivity contribution >= 4 is 5.91 Å². The average molecular weight is 421 g/mol. The van der Waals surface area contributed by atoms with Crippen LogP contribution < -0.4 is 14.8 Å². The van der Waals surface area contributed by atoms with Gasteiger partial charge in [-0.2, -0.15) is 5.26 Å². The first-order chi connectivity index (χ1) is 15.2. The van der Waals surface area contributed by atoms with E-state index in [1.807, 2.05) is 48.5 Å². The van der Waals surface area contributed by atoms with Gasteiger partial charge >= 0.3 is 0 Å². The van der Waals surface area contributed by atoms with E-state index in [0.717, 1.165) is 31.1 Å². The summed E-state index contributed by atoms with van der Waals surface area (Å²) in [5.74, 6) is 1.27. The van der Waals surface area contributed by atoms with Gasteiger partial charge in [-0.15, -0.1) is 0 Å². The summed E-state index contributed by atoms with van der Waals surface area (Å²) in [5, 5.41) is 12.4. The average Bonchev–Trinajstić information content (AvgIpc) is 2.82. The van der Waals surface area contributed by atoms with Crippen molar-refractivity contribution in [1.82, 2.24) is 15.1 Å². The van der Waals surface area contributed by atoms with Gasteiger partial charge in [-0.1, -0.05) is 30.3 Å². The van der Waals surface area contributed by atoms with E-state index < -0.39 is 0 Å². The molecule has 0 saturated carbocycles. The molecule has 2 aromatic rings. The number of carbonyl (C=O) groups is 1. The van der Waals surface area contributed by atoms with Crippen molar-refractivity contribution in [3.8, 4) is 17.6 Å². The summed E-state index contributed by atoms with van der Waals surface area (Å²) < 4.78 is 10.7. The Labute approximate surface area is 183 Å². The summed E-state index contributed by atoms with van der Waals surface area (Å²) in [5.41, 5.74) is 1.38. The summed E-state index contributed by atoms with van der Waals surface area (Å²) in [6.07, 6.45) is 1.48. The highest BCUT2D eigenvalue weighted by atomic mass is 16.5. The molecule has 1 N–H and O–H groups in total. The number of amides is 1. The normalized spacial score (nSPS) is 14.6. The van der Waals surface area contributed by atoms with Gasteiger partial charge in [0.15, 0.2) is 0 Å². The van der Waals surface area contributed by atoms with Crippen LogP contribution in [0.3, 0.4) is 0 Å². The Morgan fingerprint density at radius 3 is 2.39 bits per heavy atom. The maximum Gasteiger partial charge on any atom is 0.266 e. The quantitative estimate of drug-likeness (QED) is 0.381. The van der Waals surface area contributed by atoms with E-state index in [2.05, 4.69) is 22.3 Å². The minimum atomic E-state index is -0.231. The lowest BCUT2D eigenvalue weighted by molar-refractivity contribution is -0.128. The van der Waals surface area contributed by atoms with Crippen LogP contribution in [0.25, 0.3) is 0 Å². The Morgan fingerprint density at radius 1 is 1.06 bits per heavy atom. The monoisotopic (exact) mass is 420 g/mol. The minimum Gasteiger partial charge on any atom is -0.497 e. The maximum absolute atomic E-state index is 12.7. The van der Waals surface area contributed by atoms with Crippen LogP contribution in [0.4, 0.5) is 0 Å². The van der Waals surface area contributed by atoms with Gasteiger partial charge < -0.3 is 19.7 Å². The van der Waals surface area contributed by atoms with Gasteiger partial charge in [0, 0.05) is 45.5 Å². The molecule has 1 amide bonds. The van der Waals surface area contributed by atoms with Crippen LogP contribution in [0.5, 0.6) is 11.5 Å². The van der Waals surface area contributed by atoms with Crippen LogP contribution in [-0.2, 0) is 11.3 Å². The van der Waals surface area contributed by atoms with E-state index in [9.17, 15) is 10.1 Å². The molecular weight excluding hydrogens is 392 g/mol.